The molecule has 0 saturated carbocycles. The van der Waals surface area contributed by atoms with E-state index in [0.29, 0.717) is 18.5 Å². The third kappa shape index (κ3) is 5.14. The Balaban J connectivity index is 1.62. The van der Waals surface area contributed by atoms with Crippen molar-refractivity contribution in [3.63, 3.8) is 0 Å². The van der Waals surface area contributed by atoms with E-state index >= 15 is 0 Å². The van der Waals surface area contributed by atoms with Crippen LogP contribution in [0.15, 0.2) is 45.7 Å². The van der Waals surface area contributed by atoms with Gasteiger partial charge in [0.2, 0.25) is 5.91 Å². The van der Waals surface area contributed by atoms with Crippen LogP contribution in [0.2, 0.25) is 0 Å². The molecule has 8 nitrogen and oxygen atoms in total. The molecule has 0 aliphatic heterocycles. The normalized spacial score (nSPS) is 11.9. The molecule has 30 heavy (non-hydrogen) atoms. The van der Waals surface area contributed by atoms with Crippen LogP contribution in [0, 0.1) is 13.8 Å². The Labute approximate surface area is 174 Å². The van der Waals surface area contributed by atoms with Crippen molar-refractivity contribution >= 4 is 5.91 Å². The summed E-state index contributed by atoms with van der Waals surface area (Å²) in [6.45, 7) is 5.83. The molecule has 1 N–H and O–H groups in total. The fourth-order valence-corrected chi connectivity index (χ4v) is 3.24. The summed E-state index contributed by atoms with van der Waals surface area (Å²) in [4.78, 5) is 24.5. The zero-order chi connectivity index (χ0) is 21.7. The Morgan fingerprint density at radius 3 is 2.57 bits per heavy atom. The van der Waals surface area contributed by atoms with Crippen LogP contribution in [0.1, 0.15) is 30.4 Å². The molecule has 3 aromatic rings. The Kier molecular flexibility index (Phi) is 6.66. The number of methoxy groups -OCH3 is 1. The number of benzene rings is 1. The van der Waals surface area contributed by atoms with Crippen LogP contribution >= 0.6 is 0 Å². The predicted octanol–water partition coefficient (Wildman–Crippen LogP) is 2.66. The van der Waals surface area contributed by atoms with Crippen LogP contribution in [0.5, 0.6) is 5.75 Å². The second-order valence-electron chi connectivity index (χ2n) is 7.24. The number of carbonyl (C=O) groups is 1. The smallest absolute Gasteiger partial charge is 0.266 e. The van der Waals surface area contributed by atoms with E-state index in [0.717, 1.165) is 28.3 Å². The van der Waals surface area contributed by atoms with Crippen molar-refractivity contribution in [2.45, 2.75) is 46.2 Å². The molecule has 158 valence electrons. The second-order valence-corrected chi connectivity index (χ2v) is 7.24. The van der Waals surface area contributed by atoms with Gasteiger partial charge in [-0.1, -0.05) is 5.16 Å². The van der Waals surface area contributed by atoms with Crippen LogP contribution in [-0.4, -0.2) is 34.0 Å². The first-order valence-electron chi connectivity index (χ1n) is 9.81. The number of nitrogens with zero attached hydrogens (tertiary/aromatic N) is 3. The summed E-state index contributed by atoms with van der Waals surface area (Å²) in [5.41, 5.74) is 3.10. The molecular weight excluding hydrogens is 384 g/mol. The summed E-state index contributed by atoms with van der Waals surface area (Å²) >= 11 is 0. The third-order valence-electron chi connectivity index (χ3n) is 4.89. The molecule has 1 atom stereocenters. The zero-order valence-electron chi connectivity index (χ0n) is 17.6. The molecule has 1 aromatic carbocycles. The van der Waals surface area contributed by atoms with Gasteiger partial charge in [0.15, 0.2) is 0 Å². The molecule has 0 bridgehead atoms. The topological polar surface area (TPSA) is 99.2 Å². The molecule has 0 spiro atoms. The first kappa shape index (κ1) is 21.3. The predicted molar refractivity (Wildman–Crippen MR) is 112 cm³/mol. The maximum atomic E-state index is 12.3. The highest BCUT2D eigenvalue weighted by molar-refractivity contribution is 5.76. The molecule has 0 fully saturated rings. The lowest BCUT2D eigenvalue weighted by molar-refractivity contribution is -0.121. The molecule has 0 aliphatic rings. The van der Waals surface area contributed by atoms with Crippen LogP contribution in [0.25, 0.3) is 11.3 Å². The van der Waals surface area contributed by atoms with E-state index in [4.69, 9.17) is 9.26 Å². The van der Waals surface area contributed by atoms with Crippen molar-refractivity contribution in [3.05, 3.63) is 63.8 Å². The van der Waals surface area contributed by atoms with E-state index in [1.165, 1.54) is 10.7 Å². The monoisotopic (exact) mass is 410 g/mol. The number of amides is 1. The Morgan fingerprint density at radius 2 is 1.93 bits per heavy atom. The van der Waals surface area contributed by atoms with Gasteiger partial charge < -0.3 is 14.6 Å². The largest absolute Gasteiger partial charge is 0.497 e. The first-order chi connectivity index (χ1) is 14.4. The van der Waals surface area contributed by atoms with E-state index in [1.54, 1.807) is 13.2 Å². The number of carbonyl (C=O) groups excluding carboxylic acids is 1. The number of aromatic nitrogens is 3. The number of rotatable bonds is 8. The minimum Gasteiger partial charge on any atom is -0.497 e. The van der Waals surface area contributed by atoms with Gasteiger partial charge in [0.1, 0.15) is 11.5 Å². The fraction of sp³-hybridized carbons (Fsp3) is 0.364. The molecule has 8 heteroatoms. The molecule has 0 saturated heterocycles. The number of ether oxygens (including phenoxy) is 1. The van der Waals surface area contributed by atoms with Gasteiger partial charge in [0, 0.05) is 29.7 Å². The highest BCUT2D eigenvalue weighted by Gasteiger charge is 2.14. The van der Waals surface area contributed by atoms with E-state index in [1.807, 2.05) is 45.0 Å². The summed E-state index contributed by atoms with van der Waals surface area (Å²) in [5, 5.41) is 11.3. The lowest BCUT2D eigenvalue weighted by Crippen LogP contribution is -2.39. The summed E-state index contributed by atoms with van der Waals surface area (Å²) in [5.74, 6) is 1.39. The van der Waals surface area contributed by atoms with Gasteiger partial charge in [-0.25, -0.2) is 4.68 Å². The van der Waals surface area contributed by atoms with Gasteiger partial charge >= 0.3 is 0 Å². The van der Waals surface area contributed by atoms with Crippen molar-refractivity contribution in [2.24, 2.45) is 0 Å². The van der Waals surface area contributed by atoms with Crippen LogP contribution in [0.3, 0.4) is 0 Å². The molecule has 2 heterocycles. The lowest BCUT2D eigenvalue weighted by Gasteiger charge is -2.15. The summed E-state index contributed by atoms with van der Waals surface area (Å²) in [7, 11) is 1.61. The van der Waals surface area contributed by atoms with Crippen LogP contribution in [0.4, 0.5) is 0 Å². The highest BCUT2D eigenvalue weighted by Crippen LogP contribution is 2.19. The highest BCUT2D eigenvalue weighted by atomic mass is 16.5. The average molecular weight is 410 g/mol. The molecule has 0 radical (unpaired) electrons. The summed E-state index contributed by atoms with van der Waals surface area (Å²) in [6.07, 6.45) is 0.881. The number of hydrogen-bond donors (Lipinski definition) is 1. The maximum Gasteiger partial charge on any atom is 0.266 e. The van der Waals surface area contributed by atoms with Gasteiger partial charge in [0.05, 0.1) is 25.0 Å². The molecule has 2 aromatic heterocycles. The minimum atomic E-state index is -0.251. The first-order valence-corrected chi connectivity index (χ1v) is 9.81. The van der Waals surface area contributed by atoms with Gasteiger partial charge in [0.25, 0.3) is 5.56 Å². The molecule has 0 aliphatic carbocycles. The summed E-state index contributed by atoms with van der Waals surface area (Å²) < 4.78 is 11.7. The standard InChI is InChI=1S/C22H26N4O4/c1-14(23-21(27)11-9-19-15(2)25-30-16(19)3)13-26-22(28)12-10-20(24-26)17-5-7-18(29-4)8-6-17/h5-8,10,12,14H,9,11,13H2,1-4H3,(H,23,27)/t14-/m0/s1. The van der Waals surface area contributed by atoms with E-state index in [2.05, 4.69) is 15.6 Å². The van der Waals surface area contributed by atoms with Gasteiger partial charge in [-0.05, 0) is 57.5 Å². The second kappa shape index (κ2) is 9.39. The molecular formula is C22H26N4O4. The van der Waals surface area contributed by atoms with Crippen LogP contribution < -0.4 is 15.6 Å². The maximum absolute atomic E-state index is 12.3. The van der Waals surface area contributed by atoms with Crippen molar-refractivity contribution in [1.29, 1.82) is 0 Å². The van der Waals surface area contributed by atoms with Gasteiger partial charge in [-0.15, -0.1) is 0 Å². The van der Waals surface area contributed by atoms with E-state index < -0.39 is 0 Å². The van der Waals surface area contributed by atoms with Crippen LogP contribution in [-0.2, 0) is 17.8 Å². The Hall–Kier alpha value is -3.42. The quantitative estimate of drug-likeness (QED) is 0.613. The SMILES string of the molecule is COc1ccc(-c2ccc(=O)n(C[C@H](C)NC(=O)CCc3c(C)noc3C)n2)cc1. The number of nitrogens with one attached hydrogen (secondary N) is 1. The number of aryl methyl sites for hydroxylation is 2. The van der Waals surface area contributed by atoms with E-state index in [9.17, 15) is 9.59 Å². The van der Waals surface area contributed by atoms with Crippen molar-refractivity contribution in [2.75, 3.05) is 7.11 Å². The molecule has 3 rings (SSSR count). The van der Waals surface area contributed by atoms with E-state index in [-0.39, 0.29) is 24.1 Å². The summed E-state index contributed by atoms with van der Waals surface area (Å²) in [6, 6.07) is 10.4. The number of hydrogen-bond acceptors (Lipinski definition) is 6. The Morgan fingerprint density at radius 1 is 1.20 bits per heavy atom. The molecule has 0 unspecified atom stereocenters. The Bertz CT molecular complexity index is 1050. The lowest BCUT2D eigenvalue weighted by atomic mass is 10.1. The fourth-order valence-electron chi connectivity index (χ4n) is 3.24. The van der Waals surface area contributed by atoms with Crippen molar-refractivity contribution in [1.82, 2.24) is 20.3 Å². The van der Waals surface area contributed by atoms with Gasteiger partial charge in [-0.3, -0.25) is 9.59 Å². The van der Waals surface area contributed by atoms with Crippen molar-refractivity contribution in [3.8, 4) is 17.0 Å². The third-order valence-corrected chi connectivity index (χ3v) is 4.89. The van der Waals surface area contributed by atoms with Crippen molar-refractivity contribution < 1.29 is 14.1 Å². The average Bonchev–Trinajstić information content (AvgIpc) is 3.05. The molecule has 1 amide bonds. The minimum absolute atomic E-state index is 0.0955. The zero-order valence-corrected chi connectivity index (χ0v) is 17.6. The van der Waals surface area contributed by atoms with Gasteiger partial charge in [-0.2, -0.15) is 5.10 Å².